The molecule has 0 unspecified atom stereocenters. The number of carbonyl (C=O) groups is 2. The van der Waals surface area contributed by atoms with Crippen LogP contribution in [0, 0.1) is 0 Å². The second-order valence-electron chi connectivity index (χ2n) is 3.18. The van der Waals surface area contributed by atoms with E-state index in [1.165, 1.54) is 12.3 Å². The summed E-state index contributed by atoms with van der Waals surface area (Å²) in [6, 6.07) is 3.07. The summed E-state index contributed by atoms with van der Waals surface area (Å²) in [6.07, 6.45) is 1.34. The summed E-state index contributed by atoms with van der Waals surface area (Å²) in [4.78, 5) is 26.4. The smallest absolute Gasteiger partial charge is 0.325 e. The van der Waals surface area contributed by atoms with E-state index in [4.69, 9.17) is 5.11 Å². The van der Waals surface area contributed by atoms with Crippen LogP contribution >= 0.6 is 0 Å². The van der Waals surface area contributed by atoms with Gasteiger partial charge in [0.25, 0.3) is 5.91 Å². The molecule has 0 fully saturated rings. The quantitative estimate of drug-likeness (QED) is 0.697. The van der Waals surface area contributed by atoms with Crippen LogP contribution in [0.25, 0.3) is 0 Å². The van der Waals surface area contributed by atoms with Crippen molar-refractivity contribution in [3.05, 3.63) is 29.6 Å². The number of carbonyl (C=O) groups excluding carboxylic acids is 2. The third kappa shape index (κ3) is 4.20. The molecule has 1 aromatic heterocycles. The molecule has 0 aliphatic rings. The molecule has 0 bridgehead atoms. The van der Waals surface area contributed by atoms with Crippen molar-refractivity contribution in [2.24, 2.45) is 0 Å². The molecule has 0 spiro atoms. The van der Waals surface area contributed by atoms with Gasteiger partial charge in [-0.15, -0.1) is 0 Å². The summed E-state index contributed by atoms with van der Waals surface area (Å²) in [5, 5.41) is 11.2. The van der Waals surface area contributed by atoms with Gasteiger partial charge in [-0.2, -0.15) is 0 Å². The number of nitrogens with one attached hydrogen (secondary N) is 1. The average Bonchev–Trinajstić information content (AvgIpc) is 2.36. The van der Waals surface area contributed by atoms with Crippen molar-refractivity contribution in [3.8, 4) is 0 Å². The van der Waals surface area contributed by atoms with E-state index in [0.29, 0.717) is 11.3 Å². The number of pyridine rings is 1. The fourth-order valence-electron chi connectivity index (χ4n) is 1.12. The van der Waals surface area contributed by atoms with Gasteiger partial charge in [-0.3, -0.25) is 14.6 Å². The van der Waals surface area contributed by atoms with Crippen LogP contribution in [0.1, 0.15) is 23.0 Å². The zero-order valence-electron chi connectivity index (χ0n) is 9.47. The minimum atomic E-state index is -0.485. The van der Waals surface area contributed by atoms with Crippen LogP contribution in [-0.4, -0.2) is 35.1 Å². The number of aliphatic hydroxyl groups excluding tert-OH is 1. The van der Waals surface area contributed by atoms with Crippen LogP contribution in [0.4, 0.5) is 0 Å². The predicted octanol–water partition coefficient (Wildman–Crippen LogP) is -0.133. The molecule has 6 nitrogen and oxygen atoms in total. The number of rotatable bonds is 5. The molecule has 0 saturated carbocycles. The van der Waals surface area contributed by atoms with Crippen molar-refractivity contribution in [2.45, 2.75) is 13.5 Å². The normalized spacial score (nSPS) is 9.76. The monoisotopic (exact) mass is 238 g/mol. The van der Waals surface area contributed by atoms with Crippen molar-refractivity contribution in [3.63, 3.8) is 0 Å². The first-order valence-corrected chi connectivity index (χ1v) is 5.17. The van der Waals surface area contributed by atoms with Crippen LogP contribution in [0.2, 0.25) is 0 Å². The Morgan fingerprint density at radius 1 is 1.47 bits per heavy atom. The molecule has 0 aromatic carbocycles. The maximum atomic E-state index is 11.5. The Kier molecular flexibility index (Phi) is 5.09. The molecule has 2 N–H and O–H groups in total. The van der Waals surface area contributed by atoms with E-state index in [2.05, 4.69) is 15.0 Å². The van der Waals surface area contributed by atoms with E-state index in [1.807, 2.05) is 0 Å². The van der Waals surface area contributed by atoms with Crippen molar-refractivity contribution in [1.29, 1.82) is 0 Å². The average molecular weight is 238 g/mol. The summed E-state index contributed by atoms with van der Waals surface area (Å²) in [6.45, 7) is 1.62. The standard InChI is InChI=1S/C11H14N2O4/c1-2-17-10(15)6-13-11(16)8-3-4-9(7-14)12-5-8/h3-5,14H,2,6-7H2,1H3,(H,13,16). The van der Waals surface area contributed by atoms with Gasteiger partial charge in [0.1, 0.15) is 6.54 Å². The molecular weight excluding hydrogens is 224 g/mol. The van der Waals surface area contributed by atoms with Gasteiger partial charge in [0.15, 0.2) is 0 Å². The maximum Gasteiger partial charge on any atom is 0.325 e. The molecule has 17 heavy (non-hydrogen) atoms. The zero-order valence-corrected chi connectivity index (χ0v) is 9.47. The van der Waals surface area contributed by atoms with Gasteiger partial charge in [0.05, 0.1) is 24.5 Å². The van der Waals surface area contributed by atoms with Crippen LogP contribution in [-0.2, 0) is 16.1 Å². The Labute approximate surface area is 98.6 Å². The molecular formula is C11H14N2O4. The number of hydrogen-bond acceptors (Lipinski definition) is 5. The second-order valence-corrected chi connectivity index (χ2v) is 3.18. The largest absolute Gasteiger partial charge is 0.465 e. The Morgan fingerprint density at radius 2 is 2.24 bits per heavy atom. The third-order valence-corrected chi connectivity index (χ3v) is 1.95. The van der Waals surface area contributed by atoms with Crippen molar-refractivity contribution in [2.75, 3.05) is 13.2 Å². The molecule has 0 radical (unpaired) electrons. The summed E-state index contributed by atoms with van der Waals surface area (Å²) >= 11 is 0. The minimum absolute atomic E-state index is 0.172. The third-order valence-electron chi connectivity index (χ3n) is 1.95. The van der Waals surface area contributed by atoms with Crippen LogP contribution in [0.5, 0.6) is 0 Å². The molecule has 1 rings (SSSR count). The summed E-state index contributed by atoms with van der Waals surface area (Å²) in [5.74, 6) is -0.893. The maximum absolute atomic E-state index is 11.5. The lowest BCUT2D eigenvalue weighted by molar-refractivity contribution is -0.141. The fraction of sp³-hybridized carbons (Fsp3) is 0.364. The number of aromatic nitrogens is 1. The number of aliphatic hydroxyl groups is 1. The first kappa shape index (κ1) is 13.1. The van der Waals surface area contributed by atoms with E-state index in [9.17, 15) is 9.59 Å². The highest BCUT2D eigenvalue weighted by Crippen LogP contribution is 2.00. The topological polar surface area (TPSA) is 88.5 Å². The molecule has 0 aliphatic heterocycles. The zero-order chi connectivity index (χ0) is 12.7. The SMILES string of the molecule is CCOC(=O)CNC(=O)c1ccc(CO)nc1. The van der Waals surface area contributed by atoms with E-state index < -0.39 is 11.9 Å². The Balaban J connectivity index is 2.49. The minimum Gasteiger partial charge on any atom is -0.465 e. The molecule has 0 saturated heterocycles. The van der Waals surface area contributed by atoms with E-state index in [-0.39, 0.29) is 19.8 Å². The fourth-order valence-corrected chi connectivity index (χ4v) is 1.12. The van der Waals surface area contributed by atoms with Crippen LogP contribution in [0.15, 0.2) is 18.3 Å². The highest BCUT2D eigenvalue weighted by Gasteiger charge is 2.08. The summed E-state index contributed by atoms with van der Waals surface area (Å²) in [7, 11) is 0. The summed E-state index contributed by atoms with van der Waals surface area (Å²) < 4.78 is 4.66. The number of hydrogen-bond donors (Lipinski definition) is 2. The number of nitrogens with zero attached hydrogens (tertiary/aromatic N) is 1. The molecule has 0 aliphatic carbocycles. The molecule has 1 amide bonds. The highest BCUT2D eigenvalue weighted by molar-refractivity contribution is 5.95. The van der Waals surface area contributed by atoms with Gasteiger partial charge < -0.3 is 15.2 Å². The van der Waals surface area contributed by atoms with Crippen LogP contribution in [0.3, 0.4) is 0 Å². The van der Waals surface area contributed by atoms with E-state index >= 15 is 0 Å². The highest BCUT2D eigenvalue weighted by atomic mass is 16.5. The Bertz CT molecular complexity index is 389. The Morgan fingerprint density at radius 3 is 2.76 bits per heavy atom. The molecule has 6 heteroatoms. The summed E-state index contributed by atoms with van der Waals surface area (Å²) in [5.41, 5.74) is 0.804. The van der Waals surface area contributed by atoms with Crippen LogP contribution < -0.4 is 5.32 Å². The van der Waals surface area contributed by atoms with E-state index in [0.717, 1.165) is 0 Å². The van der Waals surface area contributed by atoms with Crippen molar-refractivity contribution < 1.29 is 19.4 Å². The molecule has 1 aromatic rings. The lowest BCUT2D eigenvalue weighted by Gasteiger charge is -2.05. The number of esters is 1. The van der Waals surface area contributed by atoms with E-state index in [1.54, 1.807) is 13.0 Å². The van der Waals surface area contributed by atoms with Gasteiger partial charge in [0.2, 0.25) is 0 Å². The Hall–Kier alpha value is -1.95. The van der Waals surface area contributed by atoms with Gasteiger partial charge in [-0.25, -0.2) is 0 Å². The molecule has 92 valence electrons. The van der Waals surface area contributed by atoms with Crippen molar-refractivity contribution in [1.82, 2.24) is 10.3 Å². The molecule has 0 atom stereocenters. The first-order valence-electron chi connectivity index (χ1n) is 5.17. The second kappa shape index (κ2) is 6.59. The van der Waals surface area contributed by atoms with Gasteiger partial charge >= 0.3 is 5.97 Å². The lowest BCUT2D eigenvalue weighted by Crippen LogP contribution is -2.30. The van der Waals surface area contributed by atoms with Gasteiger partial charge in [0, 0.05) is 6.20 Å². The predicted molar refractivity (Wildman–Crippen MR) is 59.1 cm³/mol. The lowest BCUT2D eigenvalue weighted by atomic mass is 10.2. The number of ether oxygens (including phenoxy) is 1. The van der Waals surface area contributed by atoms with Crippen molar-refractivity contribution >= 4 is 11.9 Å². The first-order chi connectivity index (χ1) is 8.17. The number of amides is 1. The molecule has 1 heterocycles. The van der Waals surface area contributed by atoms with Gasteiger partial charge in [-0.05, 0) is 19.1 Å². The van der Waals surface area contributed by atoms with Gasteiger partial charge in [-0.1, -0.05) is 0 Å².